The highest BCUT2D eigenvalue weighted by molar-refractivity contribution is 5.92. The van der Waals surface area contributed by atoms with Crippen molar-refractivity contribution in [3.05, 3.63) is 34.9 Å². The summed E-state index contributed by atoms with van der Waals surface area (Å²) in [7, 11) is 0. The summed E-state index contributed by atoms with van der Waals surface area (Å²) in [6.45, 7) is 14.1. The summed E-state index contributed by atoms with van der Waals surface area (Å²) in [5.74, 6) is -1.77. The van der Waals surface area contributed by atoms with E-state index in [-0.39, 0.29) is 32.0 Å². The Labute approximate surface area is 226 Å². The largest absolute Gasteiger partial charge is 0.466 e. The van der Waals surface area contributed by atoms with Crippen molar-refractivity contribution in [1.82, 2.24) is 15.5 Å². The van der Waals surface area contributed by atoms with Gasteiger partial charge in [-0.3, -0.25) is 14.4 Å². The summed E-state index contributed by atoms with van der Waals surface area (Å²) in [6, 6.07) is 3.45. The van der Waals surface area contributed by atoms with Crippen molar-refractivity contribution >= 4 is 23.9 Å². The van der Waals surface area contributed by atoms with E-state index in [1.54, 1.807) is 39.8 Å². The number of benzene rings is 1. The van der Waals surface area contributed by atoms with E-state index in [2.05, 4.69) is 10.6 Å². The first-order valence-electron chi connectivity index (χ1n) is 13.2. The molecule has 3 unspecified atom stereocenters. The predicted octanol–water partition coefficient (Wildman–Crippen LogP) is 3.17. The van der Waals surface area contributed by atoms with Gasteiger partial charge in [0.25, 0.3) is 0 Å². The molecule has 0 saturated heterocycles. The molecule has 0 radical (unpaired) electrons. The van der Waals surface area contributed by atoms with Crippen molar-refractivity contribution in [1.29, 1.82) is 0 Å². The van der Waals surface area contributed by atoms with Crippen LogP contribution in [0.15, 0.2) is 18.2 Å². The van der Waals surface area contributed by atoms with E-state index in [9.17, 15) is 24.3 Å². The molecule has 10 heteroatoms. The maximum Gasteiger partial charge on any atom is 0.408 e. The Kier molecular flexibility index (Phi) is 13.3. The topological polar surface area (TPSA) is 134 Å². The smallest absolute Gasteiger partial charge is 0.408 e. The molecule has 0 fully saturated rings. The minimum atomic E-state index is -1.11. The fourth-order valence-electron chi connectivity index (χ4n) is 4.03. The molecule has 0 bridgehead atoms. The lowest BCUT2D eigenvalue weighted by molar-refractivity contribution is -0.145. The Morgan fingerprint density at radius 1 is 1.05 bits per heavy atom. The van der Waals surface area contributed by atoms with E-state index in [4.69, 9.17) is 9.47 Å². The first kappa shape index (κ1) is 32.9. The van der Waals surface area contributed by atoms with Gasteiger partial charge < -0.3 is 30.1 Å². The number of nitrogens with zero attached hydrogens (tertiary/aromatic N) is 1. The van der Waals surface area contributed by atoms with Crippen molar-refractivity contribution in [3.8, 4) is 0 Å². The van der Waals surface area contributed by atoms with E-state index in [1.807, 2.05) is 33.8 Å². The molecule has 10 nitrogen and oxygen atoms in total. The maximum absolute atomic E-state index is 14.0. The minimum Gasteiger partial charge on any atom is -0.466 e. The lowest BCUT2D eigenvalue weighted by atomic mass is 9.94. The molecule has 0 aliphatic heterocycles. The molecular formula is C28H45N3O7. The molecule has 1 aromatic carbocycles. The van der Waals surface area contributed by atoms with E-state index >= 15 is 0 Å². The average Bonchev–Trinajstić information content (AvgIpc) is 2.79. The second kappa shape index (κ2) is 15.3. The number of nitrogens with one attached hydrogen (secondary N) is 2. The Hall–Kier alpha value is -3.14. The summed E-state index contributed by atoms with van der Waals surface area (Å²) in [5, 5.41) is 15.3. The lowest BCUT2D eigenvalue weighted by Crippen LogP contribution is -2.55. The molecule has 0 spiro atoms. The van der Waals surface area contributed by atoms with Crippen molar-refractivity contribution in [2.24, 2.45) is 5.92 Å². The number of rotatable bonds is 13. The van der Waals surface area contributed by atoms with Gasteiger partial charge in [-0.2, -0.15) is 0 Å². The second-order valence-electron chi connectivity index (χ2n) is 10.4. The van der Waals surface area contributed by atoms with Crippen LogP contribution in [0.4, 0.5) is 4.79 Å². The summed E-state index contributed by atoms with van der Waals surface area (Å²) in [4.78, 5) is 53.2. The molecule has 0 aliphatic rings. The third-order valence-electron chi connectivity index (χ3n) is 5.83. The Bertz CT molecular complexity index is 938. The molecule has 1 rings (SSSR count). The van der Waals surface area contributed by atoms with Gasteiger partial charge in [-0.25, -0.2) is 4.79 Å². The zero-order valence-electron chi connectivity index (χ0n) is 24.1. The molecule has 0 aliphatic carbocycles. The highest BCUT2D eigenvalue weighted by Crippen LogP contribution is 2.26. The summed E-state index contributed by atoms with van der Waals surface area (Å²) in [5.41, 5.74) is 1.58. The van der Waals surface area contributed by atoms with Crippen molar-refractivity contribution in [2.45, 2.75) is 85.9 Å². The summed E-state index contributed by atoms with van der Waals surface area (Å²) >= 11 is 0. The molecule has 3 amide bonds. The van der Waals surface area contributed by atoms with E-state index in [0.717, 1.165) is 11.1 Å². The number of esters is 1. The molecule has 214 valence electrons. The van der Waals surface area contributed by atoms with E-state index < -0.39 is 48.2 Å². The minimum absolute atomic E-state index is 0.0189. The monoisotopic (exact) mass is 535 g/mol. The number of aliphatic hydroxyl groups excluding tert-OH is 1. The fraction of sp³-hybridized carbons (Fsp3) is 0.643. The number of carbonyl (C=O) groups excluding carboxylic acids is 4. The molecule has 1 aromatic rings. The van der Waals surface area contributed by atoms with Crippen LogP contribution in [0, 0.1) is 19.8 Å². The number of ether oxygens (including phenoxy) is 2. The van der Waals surface area contributed by atoms with Gasteiger partial charge in [-0.1, -0.05) is 49.6 Å². The van der Waals surface area contributed by atoms with Gasteiger partial charge >= 0.3 is 12.1 Å². The number of aliphatic hydroxyl groups is 1. The summed E-state index contributed by atoms with van der Waals surface area (Å²) < 4.78 is 10.3. The average molecular weight is 536 g/mol. The molecule has 3 atom stereocenters. The van der Waals surface area contributed by atoms with Gasteiger partial charge in [0.05, 0.1) is 19.6 Å². The normalized spacial score (nSPS) is 13.6. The molecule has 0 heterocycles. The van der Waals surface area contributed by atoms with Crippen molar-refractivity contribution < 1.29 is 33.8 Å². The van der Waals surface area contributed by atoms with Gasteiger partial charge in [0, 0.05) is 13.1 Å². The Morgan fingerprint density at radius 2 is 1.66 bits per heavy atom. The number of hydrogen-bond donors (Lipinski definition) is 3. The van der Waals surface area contributed by atoms with Crippen LogP contribution in [0.1, 0.15) is 77.1 Å². The second-order valence-corrected chi connectivity index (χ2v) is 10.4. The highest BCUT2D eigenvalue weighted by atomic mass is 16.6. The number of aryl methyl sites for hydroxylation is 2. The highest BCUT2D eigenvalue weighted by Gasteiger charge is 2.38. The van der Waals surface area contributed by atoms with Gasteiger partial charge in [0.2, 0.25) is 11.8 Å². The van der Waals surface area contributed by atoms with Crippen LogP contribution in [-0.4, -0.2) is 71.8 Å². The first-order valence-corrected chi connectivity index (χ1v) is 13.2. The van der Waals surface area contributed by atoms with E-state index in [1.165, 1.54) is 4.90 Å². The van der Waals surface area contributed by atoms with Crippen LogP contribution in [0.3, 0.4) is 0 Å². The van der Waals surface area contributed by atoms with E-state index in [0.29, 0.717) is 12.0 Å². The standard InChI is InChI=1S/C28H45N3O7/c1-9-20(5)23(30-27(36)38-28(6,7)8)26(35)31(13-14-32)24(21-16-18(3)15-19(4)17-21)25(34)29-12-11-22(33)37-10-2/h15-17,20,23-24,32H,9-14H2,1-8H3,(H,29,34)(H,30,36). The molecule has 3 N–H and O–H groups in total. The zero-order valence-corrected chi connectivity index (χ0v) is 24.1. The van der Waals surface area contributed by atoms with Crippen LogP contribution in [0.2, 0.25) is 0 Å². The van der Waals surface area contributed by atoms with Crippen LogP contribution in [0.25, 0.3) is 0 Å². The Morgan fingerprint density at radius 3 is 2.16 bits per heavy atom. The van der Waals surface area contributed by atoms with Crippen molar-refractivity contribution in [3.63, 3.8) is 0 Å². The van der Waals surface area contributed by atoms with Gasteiger partial charge in [0.1, 0.15) is 17.7 Å². The third kappa shape index (κ3) is 10.7. The third-order valence-corrected chi connectivity index (χ3v) is 5.83. The van der Waals surface area contributed by atoms with Gasteiger partial charge in [0.15, 0.2) is 0 Å². The number of hydrogen-bond acceptors (Lipinski definition) is 7. The maximum atomic E-state index is 14.0. The Balaban J connectivity index is 3.44. The first-order chi connectivity index (χ1) is 17.7. The number of carbonyl (C=O) groups is 4. The quantitative estimate of drug-likeness (QED) is 0.330. The lowest BCUT2D eigenvalue weighted by Gasteiger charge is -2.36. The van der Waals surface area contributed by atoms with Gasteiger partial charge in [-0.15, -0.1) is 0 Å². The molecule has 0 saturated carbocycles. The molecule has 38 heavy (non-hydrogen) atoms. The van der Waals surface area contributed by atoms with Crippen LogP contribution in [-0.2, 0) is 23.9 Å². The van der Waals surface area contributed by atoms with Gasteiger partial charge in [-0.05, 0) is 53.0 Å². The van der Waals surface area contributed by atoms with Crippen LogP contribution in [0.5, 0.6) is 0 Å². The van der Waals surface area contributed by atoms with Crippen molar-refractivity contribution in [2.75, 3.05) is 26.3 Å². The molecular weight excluding hydrogens is 490 g/mol. The zero-order chi connectivity index (χ0) is 29.0. The SMILES string of the molecule is CCOC(=O)CCNC(=O)C(c1cc(C)cc(C)c1)N(CCO)C(=O)C(NC(=O)OC(C)(C)C)C(C)CC. The predicted molar refractivity (Wildman–Crippen MR) is 144 cm³/mol. The van der Waals surface area contributed by atoms with Crippen LogP contribution >= 0.6 is 0 Å². The number of amides is 3. The van der Waals surface area contributed by atoms with Crippen LogP contribution < -0.4 is 10.6 Å². The number of alkyl carbamates (subject to hydrolysis) is 1. The fourth-order valence-corrected chi connectivity index (χ4v) is 4.03. The summed E-state index contributed by atoms with van der Waals surface area (Å²) in [6.07, 6.45) is -0.205. The molecule has 0 aromatic heterocycles.